The Balaban J connectivity index is 1.29. The number of pyridine rings is 2. The Morgan fingerprint density at radius 3 is 2.80 bits per heavy atom. The van der Waals surface area contributed by atoms with Crippen LogP contribution in [0.2, 0.25) is 0 Å². The highest BCUT2D eigenvalue weighted by Gasteiger charge is 2.32. The van der Waals surface area contributed by atoms with Crippen molar-refractivity contribution in [3.8, 4) is 11.3 Å². The molecule has 5 aromatic rings. The van der Waals surface area contributed by atoms with Gasteiger partial charge in [0.15, 0.2) is 5.58 Å². The minimum Gasteiger partial charge on any atom is -0.463 e. The summed E-state index contributed by atoms with van der Waals surface area (Å²) in [5.41, 5.74) is 7.82. The lowest BCUT2D eigenvalue weighted by molar-refractivity contribution is 0.0966. The van der Waals surface area contributed by atoms with Crippen LogP contribution in [0.5, 0.6) is 0 Å². The first kappa shape index (κ1) is 24.2. The number of rotatable bonds is 6. The van der Waals surface area contributed by atoms with Gasteiger partial charge in [-0.15, -0.1) is 0 Å². The Morgan fingerprint density at radius 2 is 2.00 bits per heavy atom. The van der Waals surface area contributed by atoms with Gasteiger partial charge in [-0.1, -0.05) is 6.07 Å². The topological polar surface area (TPSA) is 117 Å². The van der Waals surface area contributed by atoms with Crippen LogP contribution in [0, 0.1) is 0 Å². The smallest absolute Gasteiger partial charge is 0.414 e. The Kier molecular flexibility index (Phi) is 5.49. The lowest BCUT2D eigenvalue weighted by Gasteiger charge is -2.20. The van der Waals surface area contributed by atoms with Gasteiger partial charge in [0.05, 0.1) is 52.8 Å². The summed E-state index contributed by atoms with van der Waals surface area (Å²) in [7, 11) is 3.90. The molecule has 202 valence electrons. The van der Waals surface area contributed by atoms with E-state index in [-0.39, 0.29) is 18.1 Å². The highest BCUT2D eigenvalue weighted by molar-refractivity contribution is 6.06. The molecule has 1 aromatic carbocycles. The van der Waals surface area contributed by atoms with E-state index in [1.54, 1.807) is 11.2 Å². The van der Waals surface area contributed by atoms with Crippen molar-refractivity contribution in [2.24, 2.45) is 0 Å². The number of anilines is 3. The standard InChI is InChI=1S/C29H27N7O4/c1-16-14-35(29(38)40-16)21-6-8-25(33-20(21)15-34(2)3)32-19-5-4-17(18-12-31-28(37)27(18)19)23-13-30-26-9-7-24-22(36(23)26)10-11-39-24/h4-11,13,16H,12,14-15H2,1-3H3,(H,31,37)(H,32,33)/t16-/m0/s1. The minimum absolute atomic E-state index is 0.152. The molecular formula is C29H27N7O4. The number of benzene rings is 1. The number of cyclic esters (lactones) is 1. The predicted octanol–water partition coefficient (Wildman–Crippen LogP) is 4.54. The largest absolute Gasteiger partial charge is 0.463 e. The lowest BCUT2D eigenvalue weighted by atomic mass is 9.99. The predicted molar refractivity (Wildman–Crippen MR) is 150 cm³/mol. The number of aromatic nitrogens is 3. The first-order chi connectivity index (χ1) is 19.4. The molecule has 0 radical (unpaired) electrons. The number of furan rings is 1. The molecule has 6 heterocycles. The van der Waals surface area contributed by atoms with Crippen molar-refractivity contribution in [3.63, 3.8) is 0 Å². The average molecular weight is 538 g/mol. The van der Waals surface area contributed by atoms with E-state index in [0.717, 1.165) is 39.3 Å². The van der Waals surface area contributed by atoms with Crippen molar-refractivity contribution in [1.29, 1.82) is 0 Å². The summed E-state index contributed by atoms with van der Waals surface area (Å²) in [5.74, 6) is 0.423. The van der Waals surface area contributed by atoms with Crippen LogP contribution in [0.4, 0.5) is 22.0 Å². The van der Waals surface area contributed by atoms with E-state index < -0.39 is 0 Å². The molecule has 2 aliphatic heterocycles. The summed E-state index contributed by atoms with van der Waals surface area (Å²) in [6, 6.07) is 13.3. The maximum absolute atomic E-state index is 13.1. The number of carbonyl (C=O) groups excluding carboxylic acids is 2. The SMILES string of the molecule is C[C@H]1CN(c2ccc(Nc3ccc(-c4cnc5ccc6occc6n45)c4c3C(=O)NC4)nc2CN(C)C)C(=O)O1. The van der Waals surface area contributed by atoms with Crippen molar-refractivity contribution in [2.45, 2.75) is 26.1 Å². The van der Waals surface area contributed by atoms with Crippen molar-refractivity contribution in [3.05, 3.63) is 71.7 Å². The first-order valence-electron chi connectivity index (χ1n) is 13.1. The van der Waals surface area contributed by atoms with Gasteiger partial charge < -0.3 is 24.7 Å². The van der Waals surface area contributed by atoms with E-state index in [2.05, 4.69) is 15.6 Å². The fourth-order valence-electron chi connectivity index (χ4n) is 5.56. The summed E-state index contributed by atoms with van der Waals surface area (Å²) in [6.45, 7) is 3.27. The van der Waals surface area contributed by atoms with E-state index >= 15 is 0 Å². The van der Waals surface area contributed by atoms with Crippen LogP contribution < -0.4 is 15.5 Å². The van der Waals surface area contributed by atoms with Gasteiger partial charge in [0.2, 0.25) is 0 Å². The summed E-state index contributed by atoms with van der Waals surface area (Å²) < 4.78 is 13.0. The van der Waals surface area contributed by atoms with Crippen LogP contribution in [0.25, 0.3) is 28.0 Å². The van der Waals surface area contributed by atoms with Crippen LogP contribution >= 0.6 is 0 Å². The summed E-state index contributed by atoms with van der Waals surface area (Å²) in [4.78, 5) is 38.5. The van der Waals surface area contributed by atoms with Crippen LogP contribution in [0.1, 0.15) is 28.5 Å². The minimum atomic E-state index is -0.375. The third-order valence-corrected chi connectivity index (χ3v) is 7.26. The van der Waals surface area contributed by atoms with Crippen molar-refractivity contribution < 1.29 is 18.7 Å². The molecule has 11 nitrogen and oxygen atoms in total. The number of imidazole rings is 1. The van der Waals surface area contributed by atoms with Gasteiger partial charge in [0.1, 0.15) is 17.6 Å². The van der Waals surface area contributed by atoms with E-state index in [1.807, 2.05) is 79.0 Å². The molecule has 0 bridgehead atoms. The highest BCUT2D eigenvalue weighted by atomic mass is 16.6. The molecular weight excluding hydrogens is 510 g/mol. The van der Waals surface area contributed by atoms with Gasteiger partial charge in [0, 0.05) is 24.7 Å². The highest BCUT2D eigenvalue weighted by Crippen LogP contribution is 2.37. The maximum Gasteiger partial charge on any atom is 0.414 e. The molecule has 1 atom stereocenters. The molecule has 40 heavy (non-hydrogen) atoms. The molecule has 0 unspecified atom stereocenters. The summed E-state index contributed by atoms with van der Waals surface area (Å²) in [5, 5.41) is 6.33. The number of hydrogen-bond donors (Lipinski definition) is 2. The van der Waals surface area contributed by atoms with Gasteiger partial charge in [0.25, 0.3) is 5.91 Å². The zero-order valence-electron chi connectivity index (χ0n) is 22.3. The second kappa shape index (κ2) is 9.09. The Bertz CT molecular complexity index is 1820. The molecule has 0 saturated carbocycles. The number of nitrogens with zero attached hydrogens (tertiary/aromatic N) is 5. The maximum atomic E-state index is 13.1. The molecule has 4 aromatic heterocycles. The molecule has 2 amide bonds. The molecule has 1 saturated heterocycles. The Labute approximate surface area is 229 Å². The fourth-order valence-corrected chi connectivity index (χ4v) is 5.56. The van der Waals surface area contributed by atoms with Crippen LogP contribution in [0.3, 0.4) is 0 Å². The average Bonchev–Trinajstić information content (AvgIpc) is 3.70. The molecule has 0 spiro atoms. The number of ether oxygens (including phenoxy) is 1. The number of amides is 2. The zero-order chi connectivity index (χ0) is 27.5. The van der Waals surface area contributed by atoms with Crippen molar-refractivity contribution in [2.75, 3.05) is 30.9 Å². The van der Waals surface area contributed by atoms with Gasteiger partial charge in [-0.05, 0) is 56.9 Å². The van der Waals surface area contributed by atoms with Crippen LogP contribution in [-0.4, -0.2) is 58.0 Å². The van der Waals surface area contributed by atoms with E-state index in [1.165, 1.54) is 0 Å². The molecule has 2 N–H and O–H groups in total. The van der Waals surface area contributed by atoms with Gasteiger partial charge in [-0.3, -0.25) is 14.1 Å². The van der Waals surface area contributed by atoms with Crippen molar-refractivity contribution >= 4 is 45.9 Å². The van der Waals surface area contributed by atoms with Crippen molar-refractivity contribution in [1.82, 2.24) is 24.6 Å². The second-order valence-corrected chi connectivity index (χ2v) is 10.4. The third-order valence-electron chi connectivity index (χ3n) is 7.26. The monoisotopic (exact) mass is 537 g/mol. The number of fused-ring (bicyclic) bond motifs is 4. The van der Waals surface area contributed by atoms with Gasteiger partial charge >= 0.3 is 6.09 Å². The number of carbonyl (C=O) groups is 2. The quantitative estimate of drug-likeness (QED) is 0.324. The molecule has 7 rings (SSSR count). The summed E-state index contributed by atoms with van der Waals surface area (Å²) >= 11 is 0. The lowest BCUT2D eigenvalue weighted by Crippen LogP contribution is -2.27. The van der Waals surface area contributed by atoms with E-state index in [0.29, 0.717) is 42.4 Å². The normalized spacial score (nSPS) is 16.7. The van der Waals surface area contributed by atoms with Crippen LogP contribution in [-0.2, 0) is 17.8 Å². The Hall–Kier alpha value is -4.90. The molecule has 1 fully saturated rings. The van der Waals surface area contributed by atoms with E-state index in [4.69, 9.17) is 14.1 Å². The summed E-state index contributed by atoms with van der Waals surface area (Å²) in [6.07, 6.45) is 2.92. The molecule has 0 aliphatic carbocycles. The third kappa shape index (κ3) is 3.85. The fraction of sp³-hybridized carbons (Fsp3) is 0.241. The van der Waals surface area contributed by atoms with Gasteiger partial charge in [-0.25, -0.2) is 14.8 Å². The Morgan fingerprint density at radius 1 is 1.12 bits per heavy atom. The van der Waals surface area contributed by atoms with Crippen LogP contribution in [0.15, 0.2) is 59.3 Å². The molecule has 11 heteroatoms. The van der Waals surface area contributed by atoms with Gasteiger partial charge in [-0.2, -0.15) is 0 Å². The number of hydrogen-bond acceptors (Lipinski definition) is 8. The molecule has 2 aliphatic rings. The number of nitrogens with one attached hydrogen (secondary N) is 2. The first-order valence-corrected chi connectivity index (χ1v) is 13.1. The van der Waals surface area contributed by atoms with E-state index in [9.17, 15) is 9.59 Å². The zero-order valence-corrected chi connectivity index (χ0v) is 22.3. The second-order valence-electron chi connectivity index (χ2n) is 10.4.